The van der Waals surface area contributed by atoms with Gasteiger partial charge in [-0.2, -0.15) is 4.89 Å². The van der Waals surface area contributed by atoms with Crippen molar-refractivity contribution in [3.63, 3.8) is 0 Å². The van der Waals surface area contributed by atoms with Crippen molar-refractivity contribution in [3.05, 3.63) is 42.5 Å². The van der Waals surface area contributed by atoms with Crippen molar-refractivity contribution >= 4 is 11.9 Å². The third kappa shape index (κ3) is 4.26. The van der Waals surface area contributed by atoms with Crippen LogP contribution in [0.1, 0.15) is 10.4 Å². The van der Waals surface area contributed by atoms with Crippen LogP contribution in [0.2, 0.25) is 0 Å². The Morgan fingerprint density at radius 2 is 2.00 bits per heavy atom. The lowest BCUT2D eigenvalue weighted by molar-refractivity contribution is -0.215. The summed E-state index contributed by atoms with van der Waals surface area (Å²) >= 11 is 0. The Kier molecular flexibility index (Phi) is 5.40. The summed E-state index contributed by atoms with van der Waals surface area (Å²) in [6, 6.07) is 6.03. The minimum Gasteiger partial charge on any atom is -0.478 e. The normalized spacial score (nSPS) is 9.56. The second kappa shape index (κ2) is 7.08. The Bertz CT molecular complexity index is 440. The highest BCUT2D eigenvalue weighted by Crippen LogP contribution is 2.17. The highest BCUT2D eigenvalue weighted by molar-refractivity contribution is 5.90. The fourth-order valence-electron chi connectivity index (χ4n) is 1.06. The molecule has 1 rings (SSSR count). The van der Waals surface area contributed by atoms with Gasteiger partial charge in [0.25, 0.3) is 0 Å². The van der Waals surface area contributed by atoms with Gasteiger partial charge < -0.3 is 14.7 Å². The molecule has 0 radical (unpaired) electrons. The minimum absolute atomic E-state index is 0.0133. The number of esters is 1. The predicted molar refractivity (Wildman–Crippen MR) is 61.1 cm³/mol. The van der Waals surface area contributed by atoms with E-state index < -0.39 is 11.9 Å². The molecule has 6 nitrogen and oxygen atoms in total. The van der Waals surface area contributed by atoms with Crippen LogP contribution >= 0.6 is 0 Å². The standard InChI is InChI=1S/C12H12O6/c1-2-11(13)16-7-8-17-18-10-6-4-3-5-9(10)12(14)15/h2-6H,1,7-8H2,(H,14,15). The molecule has 0 bridgehead atoms. The van der Waals surface area contributed by atoms with Gasteiger partial charge in [0, 0.05) is 6.08 Å². The summed E-state index contributed by atoms with van der Waals surface area (Å²) in [7, 11) is 0. The van der Waals surface area contributed by atoms with Crippen LogP contribution in [0, 0.1) is 0 Å². The molecule has 0 spiro atoms. The molecule has 0 aromatic heterocycles. The summed E-state index contributed by atoms with van der Waals surface area (Å²) in [5.74, 6) is -1.60. The second-order valence-electron chi connectivity index (χ2n) is 3.08. The largest absolute Gasteiger partial charge is 0.478 e. The maximum atomic E-state index is 10.8. The number of hydrogen-bond donors (Lipinski definition) is 1. The van der Waals surface area contributed by atoms with Gasteiger partial charge in [-0.3, -0.25) is 0 Å². The molecule has 1 aromatic carbocycles. The zero-order valence-electron chi connectivity index (χ0n) is 9.50. The number of aromatic carboxylic acids is 1. The van der Waals surface area contributed by atoms with E-state index in [1.165, 1.54) is 12.1 Å². The van der Waals surface area contributed by atoms with Gasteiger partial charge in [0.05, 0.1) is 0 Å². The van der Waals surface area contributed by atoms with Gasteiger partial charge in [-0.1, -0.05) is 18.7 Å². The van der Waals surface area contributed by atoms with Gasteiger partial charge >= 0.3 is 11.9 Å². The molecule has 96 valence electrons. The molecule has 0 heterocycles. The Morgan fingerprint density at radius 1 is 1.28 bits per heavy atom. The summed E-state index contributed by atoms with van der Waals surface area (Å²) in [6.07, 6.45) is 1.03. The number of carbonyl (C=O) groups is 2. The summed E-state index contributed by atoms with van der Waals surface area (Å²) in [5, 5.41) is 8.86. The minimum atomic E-state index is -1.12. The highest BCUT2D eigenvalue weighted by atomic mass is 17.2. The van der Waals surface area contributed by atoms with Crippen LogP contribution in [0.25, 0.3) is 0 Å². The van der Waals surface area contributed by atoms with Gasteiger partial charge in [-0.15, -0.1) is 0 Å². The van der Waals surface area contributed by atoms with Crippen LogP contribution in [0.15, 0.2) is 36.9 Å². The van der Waals surface area contributed by atoms with Gasteiger partial charge in [0.1, 0.15) is 18.8 Å². The molecule has 18 heavy (non-hydrogen) atoms. The molecule has 0 aliphatic carbocycles. The Hall–Kier alpha value is -2.34. The lowest BCUT2D eigenvalue weighted by Gasteiger charge is -2.07. The van der Waals surface area contributed by atoms with E-state index >= 15 is 0 Å². The van der Waals surface area contributed by atoms with E-state index in [-0.39, 0.29) is 24.5 Å². The molecule has 1 N–H and O–H groups in total. The smallest absolute Gasteiger partial charge is 0.339 e. The molecule has 0 aliphatic rings. The fourth-order valence-corrected chi connectivity index (χ4v) is 1.06. The van der Waals surface area contributed by atoms with Crippen molar-refractivity contribution in [2.24, 2.45) is 0 Å². The van der Waals surface area contributed by atoms with E-state index in [1.54, 1.807) is 12.1 Å². The van der Waals surface area contributed by atoms with Crippen LogP contribution in [0.3, 0.4) is 0 Å². The molecule has 0 fully saturated rings. The van der Waals surface area contributed by atoms with Gasteiger partial charge in [-0.05, 0) is 12.1 Å². The zero-order valence-corrected chi connectivity index (χ0v) is 9.50. The number of ether oxygens (including phenoxy) is 1. The zero-order chi connectivity index (χ0) is 13.4. The molecule has 0 atom stereocenters. The number of carboxylic acid groups (broad SMARTS) is 1. The first-order chi connectivity index (χ1) is 8.65. The van der Waals surface area contributed by atoms with Gasteiger partial charge in [0.15, 0.2) is 5.75 Å². The summed E-state index contributed by atoms with van der Waals surface area (Å²) in [6.45, 7) is 3.19. The summed E-state index contributed by atoms with van der Waals surface area (Å²) in [5.41, 5.74) is -0.0133. The Morgan fingerprint density at radius 3 is 2.67 bits per heavy atom. The molecule has 0 amide bonds. The number of rotatable bonds is 7. The van der Waals surface area contributed by atoms with Crippen molar-refractivity contribution in [1.29, 1.82) is 0 Å². The average Bonchev–Trinajstić information content (AvgIpc) is 2.38. The molecular formula is C12H12O6. The van der Waals surface area contributed by atoms with Crippen LogP contribution in [0.4, 0.5) is 0 Å². The van der Waals surface area contributed by atoms with E-state index in [0.717, 1.165) is 6.08 Å². The number of benzene rings is 1. The maximum absolute atomic E-state index is 10.8. The van der Waals surface area contributed by atoms with E-state index in [9.17, 15) is 9.59 Å². The lowest BCUT2D eigenvalue weighted by atomic mass is 10.2. The monoisotopic (exact) mass is 252 g/mol. The lowest BCUT2D eigenvalue weighted by Crippen LogP contribution is -2.11. The third-order valence-corrected chi connectivity index (χ3v) is 1.84. The van der Waals surface area contributed by atoms with Crippen LogP contribution < -0.4 is 4.89 Å². The first-order valence-electron chi connectivity index (χ1n) is 5.06. The quantitative estimate of drug-likeness (QED) is 0.260. The van der Waals surface area contributed by atoms with Crippen molar-refractivity contribution in [3.8, 4) is 5.75 Å². The SMILES string of the molecule is C=CC(=O)OCCOOc1ccccc1C(=O)O. The van der Waals surface area contributed by atoms with Gasteiger partial charge in [0.2, 0.25) is 0 Å². The van der Waals surface area contributed by atoms with Crippen molar-refractivity contribution in [2.45, 2.75) is 0 Å². The van der Waals surface area contributed by atoms with Gasteiger partial charge in [-0.25, -0.2) is 9.59 Å². The number of carboxylic acids is 1. The summed E-state index contributed by atoms with van der Waals surface area (Å²) < 4.78 is 4.63. The Balaban J connectivity index is 2.37. The molecule has 0 saturated heterocycles. The van der Waals surface area contributed by atoms with Crippen molar-refractivity contribution in [2.75, 3.05) is 13.2 Å². The molecule has 0 unspecified atom stereocenters. The second-order valence-corrected chi connectivity index (χ2v) is 3.08. The van der Waals surface area contributed by atoms with Crippen LogP contribution in [0.5, 0.6) is 5.75 Å². The Labute approximate surface area is 103 Å². The molecule has 1 aromatic rings. The molecule has 0 aliphatic heterocycles. The molecule has 0 saturated carbocycles. The van der Waals surface area contributed by atoms with Crippen molar-refractivity contribution < 1.29 is 29.2 Å². The van der Waals surface area contributed by atoms with E-state index in [1.807, 2.05) is 0 Å². The van der Waals surface area contributed by atoms with E-state index in [4.69, 9.17) is 14.9 Å². The first-order valence-corrected chi connectivity index (χ1v) is 5.06. The molecular weight excluding hydrogens is 240 g/mol. The van der Waals surface area contributed by atoms with Crippen LogP contribution in [-0.4, -0.2) is 30.3 Å². The predicted octanol–water partition coefficient (Wildman–Crippen LogP) is 1.42. The maximum Gasteiger partial charge on any atom is 0.339 e. The first kappa shape index (κ1) is 13.7. The fraction of sp³-hybridized carbons (Fsp3) is 0.167. The number of hydrogen-bond acceptors (Lipinski definition) is 5. The number of para-hydroxylation sites is 1. The summed E-state index contributed by atoms with van der Waals surface area (Å²) in [4.78, 5) is 31.0. The van der Waals surface area contributed by atoms with Crippen molar-refractivity contribution in [1.82, 2.24) is 0 Å². The average molecular weight is 252 g/mol. The molecule has 6 heteroatoms. The number of carbonyl (C=O) groups excluding carboxylic acids is 1. The highest BCUT2D eigenvalue weighted by Gasteiger charge is 2.10. The van der Waals surface area contributed by atoms with E-state index in [0.29, 0.717) is 0 Å². The topological polar surface area (TPSA) is 82.1 Å². The van der Waals surface area contributed by atoms with Crippen LogP contribution in [-0.2, 0) is 14.4 Å². The third-order valence-electron chi connectivity index (χ3n) is 1.84. The van der Waals surface area contributed by atoms with E-state index in [2.05, 4.69) is 11.3 Å².